The number of sulfone groups is 1. The van der Waals surface area contributed by atoms with Gasteiger partial charge in [0.25, 0.3) is 5.91 Å². The Kier molecular flexibility index (Phi) is 11.2. The summed E-state index contributed by atoms with van der Waals surface area (Å²) in [5, 5.41) is 12.1. The Bertz CT molecular complexity index is 1680. The number of ether oxygens (including phenoxy) is 3. The summed E-state index contributed by atoms with van der Waals surface area (Å²) in [7, 11) is -2.17. The van der Waals surface area contributed by atoms with E-state index in [9.17, 15) is 40.4 Å². The Hall–Kier alpha value is -4.49. The van der Waals surface area contributed by atoms with Gasteiger partial charge in [0.05, 0.1) is 61.0 Å². The van der Waals surface area contributed by atoms with Crippen molar-refractivity contribution in [3.05, 3.63) is 77.4 Å². The minimum absolute atomic E-state index is 0.00139. The lowest BCUT2D eigenvalue weighted by Crippen LogP contribution is -2.35. The number of anilines is 1. The van der Waals surface area contributed by atoms with Crippen LogP contribution >= 0.6 is 0 Å². The Morgan fingerprint density at radius 2 is 1.79 bits per heavy atom. The van der Waals surface area contributed by atoms with Gasteiger partial charge in [-0.1, -0.05) is 19.1 Å². The zero-order valence-electron chi connectivity index (χ0n) is 25.2. The number of benzene rings is 2. The number of carbonyl (C=O) groups is 1. The first-order valence-electron chi connectivity index (χ1n) is 14.3. The van der Waals surface area contributed by atoms with Crippen molar-refractivity contribution >= 4 is 21.6 Å². The molecule has 0 saturated carbocycles. The number of nitrogens with one attached hydrogen (secondary N) is 1. The summed E-state index contributed by atoms with van der Waals surface area (Å²) in [5.74, 6) is -0.446. The minimum atomic E-state index is -4.52. The van der Waals surface area contributed by atoms with Crippen LogP contribution < -0.4 is 19.7 Å². The first-order chi connectivity index (χ1) is 22.2. The molecular formula is C31H31F5N4O6S. The molecule has 252 valence electrons. The lowest BCUT2D eigenvalue weighted by atomic mass is 10.0. The quantitative estimate of drug-likeness (QED) is 0.231. The van der Waals surface area contributed by atoms with Gasteiger partial charge < -0.3 is 24.4 Å². The molecule has 4 rings (SSSR count). The molecule has 47 heavy (non-hydrogen) atoms. The van der Waals surface area contributed by atoms with E-state index >= 15 is 0 Å². The van der Waals surface area contributed by atoms with Gasteiger partial charge in [0.15, 0.2) is 9.84 Å². The molecule has 2 aromatic carbocycles. The van der Waals surface area contributed by atoms with E-state index in [0.717, 1.165) is 12.1 Å². The van der Waals surface area contributed by atoms with Crippen LogP contribution in [0.3, 0.4) is 0 Å². The second-order valence-electron chi connectivity index (χ2n) is 10.5. The van der Waals surface area contributed by atoms with Crippen molar-refractivity contribution in [1.82, 2.24) is 10.3 Å². The van der Waals surface area contributed by atoms with Crippen molar-refractivity contribution in [1.29, 1.82) is 5.26 Å². The lowest BCUT2D eigenvalue weighted by Gasteiger charge is -2.26. The number of nitrogens with zero attached hydrogens (tertiary/aromatic N) is 3. The van der Waals surface area contributed by atoms with Gasteiger partial charge in [-0.05, 0) is 54.1 Å². The van der Waals surface area contributed by atoms with Gasteiger partial charge in [0.1, 0.15) is 23.2 Å². The second kappa shape index (κ2) is 14.9. The second-order valence-corrected chi connectivity index (χ2v) is 12.8. The third kappa shape index (κ3) is 8.86. The molecular weight excluding hydrogens is 651 g/mol. The predicted octanol–water partition coefficient (Wildman–Crippen LogP) is 5.55. The smallest absolute Gasteiger partial charge is 0.416 e. The average Bonchev–Trinajstić information content (AvgIpc) is 3.45. The van der Waals surface area contributed by atoms with Gasteiger partial charge in [-0.2, -0.15) is 32.2 Å². The predicted molar refractivity (Wildman–Crippen MR) is 159 cm³/mol. The number of carbonyl (C=O) groups excluding carboxylic acids is 1. The maximum absolute atomic E-state index is 13.3. The number of rotatable bonds is 13. The Balaban J connectivity index is 1.53. The molecule has 2 heterocycles. The summed E-state index contributed by atoms with van der Waals surface area (Å²) < 4.78 is 105. The van der Waals surface area contributed by atoms with Crippen molar-refractivity contribution in [2.24, 2.45) is 0 Å². The molecule has 1 amide bonds. The van der Waals surface area contributed by atoms with Gasteiger partial charge >= 0.3 is 12.8 Å². The summed E-state index contributed by atoms with van der Waals surface area (Å²) in [6.07, 6.45) is -5.09. The van der Waals surface area contributed by atoms with Gasteiger partial charge in [-0.15, -0.1) is 0 Å². The molecule has 0 aliphatic carbocycles. The molecule has 3 aromatic rings. The van der Waals surface area contributed by atoms with Crippen molar-refractivity contribution < 1.29 is 49.4 Å². The molecule has 0 radical (unpaired) electrons. The largest absolute Gasteiger partial charge is 0.489 e. The fourth-order valence-corrected chi connectivity index (χ4v) is 5.95. The molecule has 3 atom stereocenters. The monoisotopic (exact) mass is 682 g/mol. The molecule has 1 aromatic heterocycles. The fourth-order valence-electron chi connectivity index (χ4n) is 5.07. The number of methoxy groups -OCH3 is 1. The molecule has 0 bridgehead atoms. The number of hydrogen-bond donors (Lipinski definition) is 1. The third-order valence-corrected chi connectivity index (χ3v) is 9.23. The van der Waals surface area contributed by atoms with Gasteiger partial charge in [0.2, 0.25) is 5.88 Å². The van der Waals surface area contributed by atoms with Crippen LogP contribution in [0.25, 0.3) is 0 Å². The van der Waals surface area contributed by atoms with E-state index in [1.165, 1.54) is 62.6 Å². The zero-order chi connectivity index (χ0) is 34.4. The third-order valence-electron chi connectivity index (χ3n) is 7.48. The van der Waals surface area contributed by atoms with E-state index in [1.54, 1.807) is 4.90 Å². The number of alkyl halides is 5. The van der Waals surface area contributed by atoms with Crippen LogP contribution in [-0.4, -0.2) is 64.1 Å². The van der Waals surface area contributed by atoms with E-state index in [1.807, 2.05) is 6.07 Å². The van der Waals surface area contributed by atoms with E-state index < -0.39 is 58.9 Å². The number of hydrogen-bond acceptors (Lipinski definition) is 9. The molecule has 1 aliphatic heterocycles. The molecule has 0 spiro atoms. The van der Waals surface area contributed by atoms with Crippen molar-refractivity contribution in [2.75, 3.05) is 30.9 Å². The van der Waals surface area contributed by atoms with Crippen LogP contribution in [-0.2, 0) is 20.8 Å². The molecule has 1 N–H and O–H groups in total. The topological polar surface area (TPSA) is 131 Å². The number of amides is 1. The van der Waals surface area contributed by atoms with Gasteiger partial charge in [-0.3, -0.25) is 4.79 Å². The summed E-state index contributed by atoms with van der Waals surface area (Å²) in [6, 6.07) is 13.3. The van der Waals surface area contributed by atoms with Crippen molar-refractivity contribution in [3.63, 3.8) is 0 Å². The molecule has 1 saturated heterocycles. The number of nitriles is 1. The van der Waals surface area contributed by atoms with E-state index in [2.05, 4.69) is 15.0 Å². The first-order valence-corrected chi connectivity index (χ1v) is 16.0. The van der Waals surface area contributed by atoms with Gasteiger partial charge in [-0.25, -0.2) is 8.42 Å². The Morgan fingerprint density at radius 3 is 2.36 bits per heavy atom. The van der Waals surface area contributed by atoms with Crippen LogP contribution in [0.1, 0.15) is 47.3 Å². The highest BCUT2D eigenvalue weighted by molar-refractivity contribution is 7.91. The number of halogens is 5. The van der Waals surface area contributed by atoms with Crippen LogP contribution in [0, 0.1) is 11.3 Å². The van der Waals surface area contributed by atoms with E-state index in [4.69, 9.17) is 9.47 Å². The molecule has 16 heteroatoms. The summed E-state index contributed by atoms with van der Waals surface area (Å²) in [6.45, 7) is -1.83. The maximum Gasteiger partial charge on any atom is 0.416 e. The van der Waals surface area contributed by atoms with Gasteiger partial charge in [0, 0.05) is 6.42 Å². The minimum Gasteiger partial charge on any atom is -0.489 e. The molecule has 1 aliphatic rings. The number of pyridine rings is 1. The molecule has 1 fully saturated rings. The lowest BCUT2D eigenvalue weighted by molar-refractivity contribution is -0.137. The summed E-state index contributed by atoms with van der Waals surface area (Å²) in [4.78, 5) is 19.5. The fraction of sp³-hybridized carbons (Fsp3) is 0.387. The van der Waals surface area contributed by atoms with Crippen LogP contribution in [0.4, 0.5) is 27.8 Å². The van der Waals surface area contributed by atoms with Crippen LogP contribution in [0.2, 0.25) is 0 Å². The molecule has 0 unspecified atom stereocenters. The molecule has 10 nitrogen and oxygen atoms in total. The van der Waals surface area contributed by atoms with E-state index in [0.29, 0.717) is 5.56 Å². The normalized spacial score (nSPS) is 17.3. The number of aromatic nitrogens is 1. The van der Waals surface area contributed by atoms with Crippen LogP contribution in [0.5, 0.6) is 11.6 Å². The maximum atomic E-state index is 13.3. The Morgan fingerprint density at radius 1 is 1.11 bits per heavy atom. The highest BCUT2D eigenvalue weighted by Crippen LogP contribution is 2.33. The SMILES string of the molecule is CCS(=O)(=O)c1ccc([C@@H](CC#N)NC(=O)c2ccc(N3C[C@H](Oc4ccc(C(F)(F)F)cc4)C[C@H]3COC(F)F)nc2OC)cc1. The first kappa shape index (κ1) is 35.4. The highest BCUT2D eigenvalue weighted by Gasteiger charge is 2.36. The average molecular weight is 683 g/mol. The van der Waals surface area contributed by atoms with E-state index in [-0.39, 0.29) is 53.0 Å². The summed E-state index contributed by atoms with van der Waals surface area (Å²) >= 11 is 0. The van der Waals surface area contributed by atoms with Crippen LogP contribution in [0.15, 0.2) is 65.6 Å². The van der Waals surface area contributed by atoms with Crippen molar-refractivity contribution in [3.8, 4) is 17.7 Å². The Labute approximate surface area is 268 Å². The zero-order valence-corrected chi connectivity index (χ0v) is 26.0. The standard InChI is InChI=1S/C31H31F5N4O6S/c1-3-47(42,43)24-10-4-19(5-11-24)26(14-15-37)38-28(41)25-12-13-27(39-29(25)44-2)40-17-23(16-21(40)18-45-30(32)33)46-22-8-6-20(7-9-22)31(34,35)36/h4-13,21,23,26,30H,3,14,16-18H2,1-2H3,(H,38,41)/t21-,23+,26+/m0/s1. The van der Waals surface area contributed by atoms with Crippen molar-refractivity contribution in [2.45, 2.75) is 55.6 Å². The summed E-state index contributed by atoms with van der Waals surface area (Å²) in [5.41, 5.74) is -0.348. The highest BCUT2D eigenvalue weighted by atomic mass is 32.2.